The van der Waals surface area contributed by atoms with Crippen molar-refractivity contribution in [3.63, 3.8) is 0 Å². The van der Waals surface area contributed by atoms with Crippen molar-refractivity contribution in [3.8, 4) is 0 Å². The lowest BCUT2D eigenvalue weighted by atomic mass is 10.1. The van der Waals surface area contributed by atoms with Crippen LogP contribution in [0.3, 0.4) is 0 Å². The Morgan fingerprint density at radius 3 is 2.39 bits per heavy atom. The van der Waals surface area contributed by atoms with Crippen LogP contribution < -0.4 is 21.3 Å². The highest BCUT2D eigenvalue weighted by Crippen LogP contribution is 2.24. The van der Waals surface area contributed by atoms with Crippen molar-refractivity contribution in [3.05, 3.63) is 64.8 Å². The number of hydrogen-bond donors (Lipinski definition) is 3. The minimum Gasteiger partial charge on any atom is -0.381 e. The lowest BCUT2D eigenvalue weighted by Crippen LogP contribution is -2.43. The number of nitrogens with zero attached hydrogens (tertiary/aromatic N) is 5. The summed E-state index contributed by atoms with van der Waals surface area (Å²) >= 11 is 6.00. The highest BCUT2D eigenvalue weighted by molar-refractivity contribution is 6.30. The summed E-state index contributed by atoms with van der Waals surface area (Å²) in [5, 5.41) is 15.6. The second-order valence-electron chi connectivity index (χ2n) is 9.22. The standard InChI is InChI=1S/C26H29ClN8O3/c27-18-5-9-19(10-6-18)29-21-2-1-11-35(16-21)26-31-24(22(23(28)36)32-33-26)30-20-7-3-17(4-8-20)25(37)34-12-14-38-15-13-34/h3-10,21,29H,1-2,11-16H2,(H2,28,36)(H,30,31,33)/t21-/m1/s1. The molecule has 38 heavy (non-hydrogen) atoms. The molecule has 0 spiro atoms. The van der Waals surface area contributed by atoms with E-state index >= 15 is 0 Å². The third-order valence-electron chi connectivity index (χ3n) is 6.52. The van der Waals surface area contributed by atoms with Crippen molar-refractivity contribution in [1.82, 2.24) is 20.1 Å². The molecular formula is C26H29ClN8O3. The molecule has 1 atom stereocenters. The van der Waals surface area contributed by atoms with Crippen molar-refractivity contribution < 1.29 is 14.3 Å². The van der Waals surface area contributed by atoms with Crippen LogP contribution in [-0.2, 0) is 4.74 Å². The fraction of sp³-hybridized carbons (Fsp3) is 0.346. The Hall–Kier alpha value is -3.96. The number of carbonyl (C=O) groups excluding carboxylic acids is 2. The Kier molecular flexibility index (Phi) is 7.85. The Balaban J connectivity index is 1.30. The minimum atomic E-state index is -0.737. The smallest absolute Gasteiger partial charge is 0.273 e. The maximum Gasteiger partial charge on any atom is 0.273 e. The van der Waals surface area contributed by atoms with Gasteiger partial charge in [0.1, 0.15) is 0 Å². The predicted octanol–water partition coefficient (Wildman–Crippen LogP) is 2.92. The highest BCUT2D eigenvalue weighted by atomic mass is 35.5. The van der Waals surface area contributed by atoms with Crippen LogP contribution in [0.4, 0.5) is 23.1 Å². The average molecular weight is 537 g/mol. The van der Waals surface area contributed by atoms with Crippen molar-refractivity contribution >= 4 is 46.6 Å². The lowest BCUT2D eigenvalue weighted by molar-refractivity contribution is 0.0303. The van der Waals surface area contributed by atoms with Crippen molar-refractivity contribution in [2.45, 2.75) is 18.9 Å². The number of amides is 2. The van der Waals surface area contributed by atoms with Crippen molar-refractivity contribution in [2.24, 2.45) is 5.73 Å². The number of halogens is 1. The van der Waals surface area contributed by atoms with E-state index in [1.54, 1.807) is 29.2 Å². The van der Waals surface area contributed by atoms with Gasteiger partial charge in [-0.1, -0.05) is 11.6 Å². The van der Waals surface area contributed by atoms with Gasteiger partial charge in [0.25, 0.3) is 11.8 Å². The Morgan fingerprint density at radius 1 is 0.974 bits per heavy atom. The number of nitrogens with two attached hydrogens (primary N) is 1. The summed E-state index contributed by atoms with van der Waals surface area (Å²) in [6.45, 7) is 3.65. The molecule has 12 heteroatoms. The summed E-state index contributed by atoms with van der Waals surface area (Å²) in [6, 6.07) is 14.8. The highest BCUT2D eigenvalue weighted by Gasteiger charge is 2.24. The van der Waals surface area contributed by atoms with E-state index in [4.69, 9.17) is 22.1 Å². The van der Waals surface area contributed by atoms with E-state index < -0.39 is 5.91 Å². The first kappa shape index (κ1) is 25.7. The summed E-state index contributed by atoms with van der Waals surface area (Å²) in [5.74, 6) is -0.170. The zero-order valence-corrected chi connectivity index (χ0v) is 21.5. The summed E-state index contributed by atoms with van der Waals surface area (Å²) in [7, 11) is 0. The van der Waals surface area contributed by atoms with Gasteiger partial charge in [-0.15, -0.1) is 10.2 Å². The van der Waals surface area contributed by atoms with Crippen molar-refractivity contribution in [2.75, 3.05) is 54.9 Å². The number of ether oxygens (including phenoxy) is 1. The summed E-state index contributed by atoms with van der Waals surface area (Å²) in [4.78, 5) is 33.2. The summed E-state index contributed by atoms with van der Waals surface area (Å²) in [5.41, 5.74) is 7.68. The number of benzene rings is 2. The number of hydrogen-bond acceptors (Lipinski definition) is 9. The largest absolute Gasteiger partial charge is 0.381 e. The molecule has 2 amide bonds. The molecule has 198 valence electrons. The van der Waals surface area contributed by atoms with Crippen LogP contribution in [0.15, 0.2) is 48.5 Å². The monoisotopic (exact) mass is 536 g/mol. The van der Waals surface area contributed by atoms with Gasteiger partial charge in [-0.3, -0.25) is 9.59 Å². The third-order valence-corrected chi connectivity index (χ3v) is 6.77. The van der Waals surface area contributed by atoms with Gasteiger partial charge >= 0.3 is 0 Å². The predicted molar refractivity (Wildman–Crippen MR) is 145 cm³/mol. The van der Waals surface area contributed by atoms with Gasteiger partial charge in [0.05, 0.1) is 13.2 Å². The number of nitrogens with one attached hydrogen (secondary N) is 2. The molecule has 0 radical (unpaired) electrons. The fourth-order valence-electron chi connectivity index (χ4n) is 4.54. The topological polar surface area (TPSA) is 139 Å². The number of rotatable bonds is 7. The Bertz CT molecular complexity index is 1280. The number of carbonyl (C=O) groups is 2. The van der Waals surface area contributed by atoms with Crippen LogP contribution in [0.5, 0.6) is 0 Å². The van der Waals surface area contributed by atoms with Crippen LogP contribution in [0.1, 0.15) is 33.7 Å². The van der Waals surface area contributed by atoms with Crippen molar-refractivity contribution in [1.29, 1.82) is 0 Å². The van der Waals surface area contributed by atoms with E-state index in [0.717, 1.165) is 25.1 Å². The van der Waals surface area contributed by atoms with Gasteiger partial charge in [-0.25, -0.2) is 0 Å². The van der Waals surface area contributed by atoms with Gasteiger partial charge in [0, 0.05) is 54.2 Å². The van der Waals surface area contributed by atoms with Gasteiger partial charge in [-0.2, -0.15) is 4.98 Å². The quantitative estimate of drug-likeness (QED) is 0.416. The molecule has 0 bridgehead atoms. The molecule has 3 heterocycles. The maximum absolute atomic E-state index is 12.7. The van der Waals surface area contributed by atoms with Gasteiger partial charge < -0.3 is 30.9 Å². The second-order valence-corrected chi connectivity index (χ2v) is 9.65. The molecule has 2 aliphatic heterocycles. The Labute approximate surface area is 225 Å². The number of piperidine rings is 1. The third kappa shape index (κ3) is 6.12. The molecular weight excluding hydrogens is 508 g/mol. The van der Waals surface area contributed by atoms with Crippen LogP contribution >= 0.6 is 11.6 Å². The average Bonchev–Trinajstić information content (AvgIpc) is 2.95. The first-order chi connectivity index (χ1) is 18.5. The molecule has 2 aliphatic rings. The number of morpholine rings is 1. The lowest BCUT2D eigenvalue weighted by Gasteiger charge is -2.33. The number of anilines is 4. The number of primary amides is 1. The zero-order valence-electron chi connectivity index (χ0n) is 20.8. The first-order valence-electron chi connectivity index (χ1n) is 12.5. The summed E-state index contributed by atoms with van der Waals surface area (Å²) in [6.07, 6.45) is 1.93. The van der Waals surface area contributed by atoms with E-state index in [-0.39, 0.29) is 23.5 Å². The molecule has 5 rings (SSSR count). The molecule has 2 saturated heterocycles. The van der Waals surface area contributed by atoms with Crippen LogP contribution in [0.2, 0.25) is 5.02 Å². The molecule has 2 aromatic carbocycles. The minimum absolute atomic E-state index is 0.0458. The van der Waals surface area contributed by atoms with E-state index in [0.29, 0.717) is 55.1 Å². The molecule has 2 fully saturated rings. The van der Waals surface area contributed by atoms with Gasteiger partial charge in [0.15, 0.2) is 11.5 Å². The molecule has 11 nitrogen and oxygen atoms in total. The van der Waals surface area contributed by atoms with Crippen LogP contribution in [-0.4, -0.2) is 77.3 Å². The summed E-state index contributed by atoms with van der Waals surface area (Å²) < 4.78 is 5.32. The SMILES string of the molecule is NC(=O)c1nnc(N2CCC[C@@H](Nc3ccc(Cl)cc3)C2)nc1Nc1ccc(C(=O)N2CCOCC2)cc1. The fourth-order valence-corrected chi connectivity index (χ4v) is 4.67. The first-order valence-corrected chi connectivity index (χ1v) is 12.9. The molecule has 0 unspecified atom stereocenters. The van der Waals surface area contributed by atoms with Gasteiger partial charge in [-0.05, 0) is 61.4 Å². The second kappa shape index (κ2) is 11.6. The van der Waals surface area contributed by atoms with E-state index in [9.17, 15) is 9.59 Å². The van der Waals surface area contributed by atoms with Crippen LogP contribution in [0, 0.1) is 0 Å². The molecule has 0 aliphatic carbocycles. The van der Waals surface area contributed by atoms with E-state index in [2.05, 4.69) is 25.8 Å². The van der Waals surface area contributed by atoms with Crippen LogP contribution in [0.25, 0.3) is 0 Å². The van der Waals surface area contributed by atoms with Gasteiger partial charge in [0.2, 0.25) is 5.95 Å². The Morgan fingerprint density at radius 2 is 1.68 bits per heavy atom. The molecule has 1 aromatic heterocycles. The van der Waals surface area contributed by atoms with E-state index in [1.807, 2.05) is 29.2 Å². The number of aromatic nitrogens is 3. The molecule has 0 saturated carbocycles. The van der Waals surface area contributed by atoms with E-state index in [1.165, 1.54) is 0 Å². The normalized spacial score (nSPS) is 17.7. The maximum atomic E-state index is 12.7. The molecule has 4 N–H and O–H groups in total. The zero-order chi connectivity index (χ0) is 26.5. The molecule has 3 aromatic rings.